The third kappa shape index (κ3) is 1.43. The van der Waals surface area contributed by atoms with Crippen molar-refractivity contribution in [2.24, 2.45) is 0 Å². The number of nitrogens with one attached hydrogen (secondary N) is 1. The van der Waals surface area contributed by atoms with Crippen LogP contribution in [0.15, 0.2) is 12.1 Å². The first-order valence-electron chi connectivity index (χ1n) is 3.70. The molecule has 0 bridgehead atoms. The van der Waals surface area contributed by atoms with Gasteiger partial charge in [-0.1, -0.05) is 0 Å². The molecule has 0 unspecified atom stereocenters. The maximum Gasteiger partial charge on any atom is 0.266 e. The molecule has 0 fully saturated rings. The molecule has 0 amide bonds. The fourth-order valence-electron chi connectivity index (χ4n) is 1.18. The second-order valence-corrected chi connectivity index (χ2v) is 3.08. The molecule has 0 saturated heterocycles. The Labute approximate surface area is 81.7 Å². The summed E-state index contributed by atoms with van der Waals surface area (Å²) < 4.78 is 37.5. The van der Waals surface area contributed by atoms with Crippen molar-refractivity contribution >= 4 is 22.6 Å². The van der Waals surface area contributed by atoms with E-state index >= 15 is 0 Å². The van der Waals surface area contributed by atoms with Crippen LogP contribution in [0.5, 0.6) is 0 Å². The van der Waals surface area contributed by atoms with Gasteiger partial charge in [0.25, 0.3) is 6.43 Å². The van der Waals surface area contributed by atoms with Gasteiger partial charge in [0.05, 0.1) is 16.6 Å². The molecule has 0 radical (unpaired) electrons. The van der Waals surface area contributed by atoms with Crippen LogP contribution < -0.4 is 0 Å². The zero-order valence-corrected chi connectivity index (χ0v) is 7.45. The number of H-pyrrole nitrogens is 1. The predicted octanol–water partition coefficient (Wildman–Crippen LogP) is 3.29. The fraction of sp³-hybridized carbons (Fsp3) is 0.125. The number of hydrogen-bond acceptors (Lipinski definition) is 1. The van der Waals surface area contributed by atoms with E-state index < -0.39 is 17.8 Å². The Morgan fingerprint density at radius 3 is 2.71 bits per heavy atom. The number of rotatable bonds is 1. The standard InChI is InChI=1S/C8H4ClF3N2/c9-8-13-5-1-3(7(11)12)4(10)2-6(5)14-8/h1-2,7H,(H,13,14). The number of fused-ring (bicyclic) bond motifs is 1. The third-order valence-electron chi connectivity index (χ3n) is 1.81. The molecule has 2 nitrogen and oxygen atoms in total. The van der Waals surface area contributed by atoms with Crippen molar-refractivity contribution in [2.45, 2.75) is 6.43 Å². The van der Waals surface area contributed by atoms with Crippen LogP contribution in [0.4, 0.5) is 13.2 Å². The SMILES string of the molecule is Fc1cc2nc(Cl)[nH]c2cc1C(F)F. The first-order chi connectivity index (χ1) is 6.58. The number of imidazole rings is 1. The van der Waals surface area contributed by atoms with Crippen LogP contribution in [0.2, 0.25) is 5.28 Å². The van der Waals surface area contributed by atoms with E-state index in [0.29, 0.717) is 5.52 Å². The van der Waals surface area contributed by atoms with E-state index in [2.05, 4.69) is 9.97 Å². The molecular weight excluding hydrogens is 217 g/mol. The van der Waals surface area contributed by atoms with Crippen LogP contribution in [0.1, 0.15) is 12.0 Å². The predicted molar refractivity (Wildman–Crippen MR) is 46.0 cm³/mol. The van der Waals surface area contributed by atoms with Gasteiger partial charge in [0.2, 0.25) is 5.28 Å². The van der Waals surface area contributed by atoms with Gasteiger partial charge in [-0.3, -0.25) is 0 Å². The average Bonchev–Trinajstić information content (AvgIpc) is 2.42. The highest BCUT2D eigenvalue weighted by Crippen LogP contribution is 2.26. The number of halogens is 4. The van der Waals surface area contributed by atoms with Crippen molar-refractivity contribution in [3.8, 4) is 0 Å². The normalized spacial score (nSPS) is 11.5. The van der Waals surface area contributed by atoms with Gasteiger partial charge in [0.1, 0.15) is 5.82 Å². The summed E-state index contributed by atoms with van der Waals surface area (Å²) in [5.41, 5.74) is -0.124. The maximum absolute atomic E-state index is 13.0. The van der Waals surface area contributed by atoms with Gasteiger partial charge in [0, 0.05) is 6.07 Å². The second-order valence-electron chi connectivity index (χ2n) is 2.72. The summed E-state index contributed by atoms with van der Waals surface area (Å²) in [5, 5.41) is 0.0471. The summed E-state index contributed by atoms with van der Waals surface area (Å²) in [6, 6.07) is 1.94. The third-order valence-corrected chi connectivity index (χ3v) is 1.99. The minimum atomic E-state index is -2.85. The molecule has 0 saturated carbocycles. The number of aromatic amines is 1. The molecule has 1 aromatic heterocycles. The Bertz CT molecular complexity index is 481. The topological polar surface area (TPSA) is 28.7 Å². The highest BCUT2D eigenvalue weighted by Gasteiger charge is 2.15. The molecule has 74 valence electrons. The van der Waals surface area contributed by atoms with Crippen LogP contribution in [0, 0.1) is 5.82 Å². The van der Waals surface area contributed by atoms with Crippen molar-refractivity contribution in [2.75, 3.05) is 0 Å². The summed E-state index contributed by atoms with van der Waals surface area (Å²) in [7, 11) is 0. The van der Waals surface area contributed by atoms with Gasteiger partial charge in [-0.05, 0) is 17.7 Å². The monoisotopic (exact) mass is 220 g/mol. The summed E-state index contributed by atoms with van der Waals surface area (Å²) >= 11 is 5.49. The summed E-state index contributed by atoms with van der Waals surface area (Å²) in [6.07, 6.45) is -2.85. The molecule has 0 aliphatic heterocycles. The molecule has 0 aliphatic carbocycles. The highest BCUT2D eigenvalue weighted by atomic mass is 35.5. The number of benzene rings is 1. The van der Waals surface area contributed by atoms with Gasteiger partial charge in [-0.2, -0.15) is 0 Å². The van der Waals surface area contributed by atoms with Crippen LogP contribution in [0.3, 0.4) is 0 Å². The Morgan fingerprint density at radius 1 is 1.36 bits per heavy atom. The molecule has 0 spiro atoms. The lowest BCUT2D eigenvalue weighted by molar-refractivity contribution is 0.146. The minimum Gasteiger partial charge on any atom is -0.329 e. The van der Waals surface area contributed by atoms with Crippen molar-refractivity contribution in [1.82, 2.24) is 9.97 Å². The smallest absolute Gasteiger partial charge is 0.266 e. The average molecular weight is 221 g/mol. The zero-order chi connectivity index (χ0) is 10.3. The highest BCUT2D eigenvalue weighted by molar-refractivity contribution is 6.29. The van der Waals surface area contributed by atoms with Crippen molar-refractivity contribution in [3.63, 3.8) is 0 Å². The van der Waals surface area contributed by atoms with E-state index in [0.717, 1.165) is 12.1 Å². The molecule has 6 heteroatoms. The molecule has 1 N–H and O–H groups in total. The van der Waals surface area contributed by atoms with Crippen LogP contribution in [0.25, 0.3) is 11.0 Å². The van der Waals surface area contributed by atoms with E-state index in [-0.39, 0.29) is 10.8 Å². The van der Waals surface area contributed by atoms with Gasteiger partial charge >= 0.3 is 0 Å². The quantitative estimate of drug-likeness (QED) is 0.785. The van der Waals surface area contributed by atoms with Crippen LogP contribution >= 0.6 is 11.6 Å². The van der Waals surface area contributed by atoms with Crippen molar-refractivity contribution in [3.05, 3.63) is 28.8 Å². The van der Waals surface area contributed by atoms with E-state index in [1.54, 1.807) is 0 Å². The Hall–Kier alpha value is -1.23. The lowest BCUT2D eigenvalue weighted by Crippen LogP contribution is -1.90. The Morgan fingerprint density at radius 2 is 2.07 bits per heavy atom. The maximum atomic E-state index is 13.0. The molecule has 2 aromatic rings. The van der Waals surface area contributed by atoms with Crippen molar-refractivity contribution < 1.29 is 13.2 Å². The van der Waals surface area contributed by atoms with Gasteiger partial charge in [0.15, 0.2) is 0 Å². The fourth-order valence-corrected chi connectivity index (χ4v) is 1.38. The Balaban J connectivity index is 2.70. The molecule has 0 atom stereocenters. The molecule has 1 heterocycles. The summed E-state index contributed by atoms with van der Waals surface area (Å²) in [5.74, 6) is -0.976. The van der Waals surface area contributed by atoms with E-state index in [9.17, 15) is 13.2 Å². The van der Waals surface area contributed by atoms with E-state index in [4.69, 9.17) is 11.6 Å². The number of aromatic nitrogens is 2. The zero-order valence-electron chi connectivity index (χ0n) is 6.69. The molecule has 0 aliphatic rings. The minimum absolute atomic E-state index is 0.0471. The molecule has 14 heavy (non-hydrogen) atoms. The molecular formula is C8H4ClF3N2. The Kier molecular flexibility index (Phi) is 2.11. The van der Waals surface area contributed by atoms with Crippen LogP contribution in [-0.2, 0) is 0 Å². The number of hydrogen-bond donors (Lipinski definition) is 1. The lowest BCUT2D eigenvalue weighted by atomic mass is 10.2. The van der Waals surface area contributed by atoms with Crippen LogP contribution in [-0.4, -0.2) is 9.97 Å². The second kappa shape index (κ2) is 3.16. The lowest BCUT2D eigenvalue weighted by Gasteiger charge is -2.00. The summed E-state index contributed by atoms with van der Waals surface area (Å²) in [4.78, 5) is 6.23. The first kappa shape index (κ1) is 9.33. The van der Waals surface area contributed by atoms with Gasteiger partial charge in [-0.15, -0.1) is 0 Å². The summed E-state index contributed by atoms with van der Waals surface area (Å²) in [6.45, 7) is 0. The van der Waals surface area contributed by atoms with Crippen molar-refractivity contribution in [1.29, 1.82) is 0 Å². The van der Waals surface area contributed by atoms with Gasteiger partial charge in [-0.25, -0.2) is 18.2 Å². The number of alkyl halides is 2. The molecule has 2 rings (SSSR count). The molecule has 1 aromatic carbocycles. The van der Waals surface area contributed by atoms with Gasteiger partial charge < -0.3 is 4.98 Å². The number of nitrogens with zero attached hydrogens (tertiary/aromatic N) is 1. The van der Waals surface area contributed by atoms with E-state index in [1.165, 1.54) is 0 Å². The van der Waals surface area contributed by atoms with E-state index in [1.807, 2.05) is 0 Å². The largest absolute Gasteiger partial charge is 0.329 e. The first-order valence-corrected chi connectivity index (χ1v) is 4.08.